The van der Waals surface area contributed by atoms with Gasteiger partial charge in [0.25, 0.3) is 5.91 Å². The number of hydrogen-bond acceptors (Lipinski definition) is 4. The summed E-state index contributed by atoms with van der Waals surface area (Å²) in [5, 5.41) is 16.6. The zero-order valence-electron chi connectivity index (χ0n) is 19.2. The van der Waals surface area contributed by atoms with Gasteiger partial charge in [-0.05, 0) is 80.4 Å². The van der Waals surface area contributed by atoms with Gasteiger partial charge in [-0.25, -0.2) is 0 Å². The van der Waals surface area contributed by atoms with Crippen molar-refractivity contribution in [1.29, 1.82) is 5.41 Å². The molecule has 2 aromatic carbocycles. The molecule has 0 bridgehead atoms. The van der Waals surface area contributed by atoms with Crippen LogP contribution >= 0.6 is 23.4 Å². The van der Waals surface area contributed by atoms with Crippen LogP contribution < -0.4 is 0 Å². The predicted octanol–water partition coefficient (Wildman–Crippen LogP) is 6.03. The van der Waals surface area contributed by atoms with Crippen LogP contribution in [0.3, 0.4) is 0 Å². The molecule has 0 fully saturated rings. The summed E-state index contributed by atoms with van der Waals surface area (Å²) in [6.07, 6.45) is 1.73. The molecule has 0 saturated carbocycles. The minimum atomic E-state index is -0.437. The van der Waals surface area contributed by atoms with Crippen LogP contribution in [0, 0.1) is 33.1 Å². The molecule has 8 heteroatoms. The molecule has 0 atom stereocenters. The fraction of sp³-hybridized carbons (Fsp3) is 0.154. The fourth-order valence-corrected chi connectivity index (χ4v) is 5.28. The molecule has 0 radical (unpaired) electrons. The van der Waals surface area contributed by atoms with Gasteiger partial charge >= 0.3 is 0 Å². The van der Waals surface area contributed by atoms with Crippen LogP contribution in [-0.2, 0) is 4.79 Å². The minimum Gasteiger partial charge on any atom is -0.318 e. The number of nitrogens with one attached hydrogen (secondary N) is 1. The number of carbonyl (C=O) groups is 1. The van der Waals surface area contributed by atoms with Crippen LogP contribution in [0.15, 0.2) is 64.2 Å². The molecule has 34 heavy (non-hydrogen) atoms. The van der Waals surface area contributed by atoms with Gasteiger partial charge in [0.05, 0.1) is 5.57 Å². The number of hydrazone groups is 1. The second-order valence-electron chi connectivity index (χ2n) is 8.34. The van der Waals surface area contributed by atoms with Crippen molar-refractivity contribution >= 4 is 51.4 Å². The second-order valence-corrected chi connectivity index (χ2v) is 9.70. The Morgan fingerprint density at radius 3 is 2.53 bits per heavy atom. The average molecular weight is 488 g/mol. The number of carbonyl (C=O) groups excluding carboxylic acids is 1. The van der Waals surface area contributed by atoms with E-state index in [0.717, 1.165) is 44.4 Å². The van der Waals surface area contributed by atoms with Crippen molar-refractivity contribution in [2.45, 2.75) is 27.7 Å². The second kappa shape index (κ2) is 8.42. The highest BCUT2D eigenvalue weighted by Crippen LogP contribution is 2.33. The van der Waals surface area contributed by atoms with E-state index in [-0.39, 0.29) is 11.4 Å². The molecule has 2 aliphatic rings. The van der Waals surface area contributed by atoms with Gasteiger partial charge in [0.15, 0.2) is 5.84 Å². The molecule has 6 nitrogen and oxygen atoms in total. The summed E-state index contributed by atoms with van der Waals surface area (Å²) in [6.45, 7) is 7.97. The van der Waals surface area contributed by atoms with Gasteiger partial charge in [0.2, 0.25) is 5.17 Å². The third-order valence-corrected chi connectivity index (χ3v) is 7.36. The molecule has 0 saturated heterocycles. The molecule has 0 unspecified atom stereocenters. The predicted molar refractivity (Wildman–Crippen MR) is 140 cm³/mol. The highest BCUT2D eigenvalue weighted by atomic mass is 35.5. The first kappa shape index (κ1) is 22.4. The molecule has 0 aliphatic carbocycles. The maximum absolute atomic E-state index is 12.9. The van der Waals surface area contributed by atoms with E-state index in [1.165, 1.54) is 16.8 Å². The number of amidine groups is 2. The maximum Gasteiger partial charge on any atom is 0.283 e. The maximum atomic E-state index is 12.9. The Labute approximate surface area is 207 Å². The number of hydrogen-bond donors (Lipinski definition) is 1. The Morgan fingerprint density at radius 2 is 1.79 bits per heavy atom. The quantitative estimate of drug-likeness (QED) is 0.458. The molecule has 5 rings (SSSR count). The van der Waals surface area contributed by atoms with E-state index >= 15 is 0 Å². The lowest BCUT2D eigenvalue weighted by molar-refractivity contribution is -0.114. The van der Waals surface area contributed by atoms with Crippen LogP contribution in [0.2, 0.25) is 5.02 Å². The van der Waals surface area contributed by atoms with E-state index in [0.29, 0.717) is 10.2 Å². The first-order valence-corrected chi connectivity index (χ1v) is 12.0. The summed E-state index contributed by atoms with van der Waals surface area (Å²) < 4.78 is 2.09. The Morgan fingerprint density at radius 1 is 1.03 bits per heavy atom. The van der Waals surface area contributed by atoms with Crippen LogP contribution in [0.4, 0.5) is 0 Å². The Kier molecular flexibility index (Phi) is 5.54. The van der Waals surface area contributed by atoms with Crippen molar-refractivity contribution in [2.24, 2.45) is 10.1 Å². The molecule has 3 aromatic rings. The van der Waals surface area contributed by atoms with E-state index in [1.54, 1.807) is 6.08 Å². The first-order chi connectivity index (χ1) is 16.2. The SMILES string of the molecule is Cc1ccc(-n2c(C)cc(C=C3C(=N)N4N=C(c5ccccc5C)SC4=NC3=O)c2C)cc1Cl. The van der Waals surface area contributed by atoms with Crippen LogP contribution in [-0.4, -0.2) is 31.5 Å². The Bertz CT molecular complexity index is 1480. The molecular formula is C26H22ClN5OS. The van der Waals surface area contributed by atoms with Gasteiger partial charge in [0.1, 0.15) is 5.04 Å². The number of aliphatic imine (C=N–C) groups is 1. The van der Waals surface area contributed by atoms with Crippen molar-refractivity contribution in [2.75, 3.05) is 0 Å². The number of rotatable bonds is 3. The molecule has 1 aromatic heterocycles. The summed E-state index contributed by atoms with van der Waals surface area (Å²) >= 11 is 7.66. The van der Waals surface area contributed by atoms with E-state index in [1.807, 2.05) is 76.2 Å². The number of aryl methyl sites for hydroxylation is 3. The van der Waals surface area contributed by atoms with Gasteiger partial charge in [0, 0.05) is 27.7 Å². The monoisotopic (exact) mass is 487 g/mol. The van der Waals surface area contributed by atoms with Gasteiger partial charge in [-0.2, -0.15) is 15.1 Å². The average Bonchev–Trinajstić information content (AvgIpc) is 3.34. The fourth-order valence-electron chi connectivity index (χ4n) is 4.12. The van der Waals surface area contributed by atoms with Gasteiger partial charge < -0.3 is 4.57 Å². The number of fused-ring (bicyclic) bond motifs is 1. The standard InChI is InChI=1S/C26H22ClN5OS/c1-14-7-5-6-8-20(14)25-30-32-23(28)21(24(33)29-26(32)34-25)12-18-11-16(3)31(17(18)4)19-10-9-15(2)22(27)13-19/h5-13,28H,1-4H3. The highest BCUT2D eigenvalue weighted by Gasteiger charge is 2.36. The van der Waals surface area contributed by atoms with Crippen LogP contribution in [0.25, 0.3) is 11.8 Å². The molecule has 0 spiro atoms. The van der Waals surface area contributed by atoms with E-state index in [2.05, 4.69) is 14.7 Å². The highest BCUT2D eigenvalue weighted by molar-refractivity contribution is 8.27. The van der Waals surface area contributed by atoms with E-state index in [4.69, 9.17) is 17.0 Å². The van der Waals surface area contributed by atoms with Crippen molar-refractivity contribution in [3.8, 4) is 5.69 Å². The molecule has 170 valence electrons. The van der Waals surface area contributed by atoms with Crippen molar-refractivity contribution in [3.63, 3.8) is 0 Å². The Balaban J connectivity index is 1.52. The van der Waals surface area contributed by atoms with Crippen LogP contribution in [0.5, 0.6) is 0 Å². The lowest BCUT2D eigenvalue weighted by atomic mass is 10.1. The molecular weight excluding hydrogens is 466 g/mol. The number of halogens is 1. The van der Waals surface area contributed by atoms with Gasteiger partial charge in [-0.1, -0.05) is 41.9 Å². The number of benzene rings is 2. The third kappa shape index (κ3) is 3.71. The summed E-state index contributed by atoms with van der Waals surface area (Å²) in [5.74, 6) is -0.414. The first-order valence-electron chi connectivity index (χ1n) is 10.8. The number of aromatic nitrogens is 1. The number of nitrogens with zero attached hydrogens (tertiary/aromatic N) is 4. The summed E-state index contributed by atoms with van der Waals surface area (Å²) in [7, 11) is 0. The number of amides is 1. The zero-order chi connectivity index (χ0) is 24.1. The summed E-state index contributed by atoms with van der Waals surface area (Å²) in [4.78, 5) is 17.1. The largest absolute Gasteiger partial charge is 0.318 e. The zero-order valence-corrected chi connectivity index (χ0v) is 20.8. The van der Waals surface area contributed by atoms with Gasteiger partial charge in [-0.3, -0.25) is 10.2 Å². The van der Waals surface area contributed by atoms with Crippen molar-refractivity contribution < 1.29 is 4.79 Å². The molecule has 1 amide bonds. The van der Waals surface area contributed by atoms with Crippen LogP contribution in [0.1, 0.15) is 33.6 Å². The van der Waals surface area contributed by atoms with Crippen molar-refractivity contribution in [1.82, 2.24) is 9.58 Å². The summed E-state index contributed by atoms with van der Waals surface area (Å²) in [5.41, 5.74) is 7.00. The summed E-state index contributed by atoms with van der Waals surface area (Å²) in [6, 6.07) is 15.8. The normalized spacial score (nSPS) is 16.7. The topological polar surface area (TPSA) is 73.8 Å². The molecule has 3 heterocycles. The third-order valence-electron chi connectivity index (χ3n) is 6.01. The smallest absolute Gasteiger partial charge is 0.283 e. The van der Waals surface area contributed by atoms with Gasteiger partial charge in [-0.15, -0.1) is 0 Å². The molecule has 2 aliphatic heterocycles. The number of thioether (sulfide) groups is 1. The minimum absolute atomic E-state index is 0.0225. The van der Waals surface area contributed by atoms with Crippen molar-refractivity contribution in [3.05, 3.63) is 92.8 Å². The van der Waals surface area contributed by atoms with E-state index < -0.39 is 5.91 Å². The lowest BCUT2D eigenvalue weighted by Gasteiger charge is -2.20. The van der Waals surface area contributed by atoms with E-state index in [9.17, 15) is 4.79 Å². The lowest BCUT2D eigenvalue weighted by Crippen LogP contribution is -2.35. The Hall–Kier alpha value is -3.42. The molecule has 1 N–H and O–H groups in total.